The molecule has 7 nitrogen and oxygen atoms in total. The van der Waals surface area contributed by atoms with Crippen molar-refractivity contribution < 1.29 is 9.59 Å². The summed E-state index contributed by atoms with van der Waals surface area (Å²) in [5, 5.41) is -0.0866. The van der Waals surface area contributed by atoms with Crippen LogP contribution in [0.25, 0.3) is 0 Å². The van der Waals surface area contributed by atoms with E-state index < -0.39 is 17.9 Å². The largest absolute Gasteiger partial charge is 0.368 e. The molecule has 2 amide bonds. The van der Waals surface area contributed by atoms with Gasteiger partial charge >= 0.3 is 0 Å². The van der Waals surface area contributed by atoms with Gasteiger partial charge in [-0.05, 0) is 24.4 Å². The molecule has 1 fully saturated rings. The van der Waals surface area contributed by atoms with Crippen molar-refractivity contribution in [2.75, 3.05) is 11.4 Å². The fourth-order valence-electron chi connectivity index (χ4n) is 2.02. The third kappa shape index (κ3) is 2.35. The number of hydrogen-bond donors (Lipinski definition) is 2. The predicted octanol–water partition coefficient (Wildman–Crippen LogP) is -0.317. The Morgan fingerprint density at radius 2 is 2.11 bits per heavy atom. The van der Waals surface area contributed by atoms with Gasteiger partial charge in [0.25, 0.3) is 5.91 Å². The molecule has 18 heavy (non-hydrogen) atoms. The number of aromatic nitrogens is 2. The lowest BCUT2D eigenvalue weighted by Gasteiger charge is -2.23. The number of amides is 2. The van der Waals surface area contributed by atoms with Crippen LogP contribution >= 0.6 is 11.6 Å². The fraction of sp³-hybridized carbons (Fsp3) is 0.400. The quantitative estimate of drug-likeness (QED) is 0.730. The van der Waals surface area contributed by atoms with E-state index >= 15 is 0 Å². The maximum Gasteiger partial charge on any atom is 0.267 e. The van der Waals surface area contributed by atoms with E-state index in [1.165, 1.54) is 6.07 Å². The zero-order chi connectivity index (χ0) is 13.3. The minimum Gasteiger partial charge on any atom is -0.368 e. The highest BCUT2D eigenvalue weighted by Crippen LogP contribution is 2.25. The van der Waals surface area contributed by atoms with Crippen LogP contribution < -0.4 is 16.4 Å². The Morgan fingerprint density at radius 1 is 1.39 bits per heavy atom. The van der Waals surface area contributed by atoms with Gasteiger partial charge in [0, 0.05) is 12.6 Å². The molecule has 0 saturated carbocycles. The van der Waals surface area contributed by atoms with E-state index in [-0.39, 0.29) is 11.0 Å². The van der Waals surface area contributed by atoms with Crippen LogP contribution in [-0.4, -0.2) is 34.4 Å². The maximum atomic E-state index is 11.3. The molecule has 2 heterocycles. The van der Waals surface area contributed by atoms with Crippen LogP contribution in [0.1, 0.15) is 23.3 Å². The lowest BCUT2D eigenvalue weighted by molar-refractivity contribution is -0.119. The van der Waals surface area contributed by atoms with Gasteiger partial charge in [0.1, 0.15) is 17.6 Å². The summed E-state index contributed by atoms with van der Waals surface area (Å²) in [6, 6.07) is 0.979. The van der Waals surface area contributed by atoms with E-state index in [1.54, 1.807) is 4.90 Å². The number of nitrogens with two attached hydrogens (primary N) is 2. The van der Waals surface area contributed by atoms with Gasteiger partial charge in [-0.15, -0.1) is 0 Å². The lowest BCUT2D eigenvalue weighted by atomic mass is 10.2. The number of hydrogen-bond acceptors (Lipinski definition) is 5. The molecule has 1 atom stereocenters. The molecule has 1 unspecified atom stereocenters. The van der Waals surface area contributed by atoms with Crippen molar-refractivity contribution in [3.8, 4) is 0 Å². The third-order valence-corrected chi connectivity index (χ3v) is 2.98. The van der Waals surface area contributed by atoms with Crippen LogP contribution in [0.15, 0.2) is 6.07 Å². The average Bonchev–Trinajstić information content (AvgIpc) is 2.76. The molecule has 1 aromatic rings. The van der Waals surface area contributed by atoms with E-state index in [4.69, 9.17) is 23.1 Å². The van der Waals surface area contributed by atoms with Gasteiger partial charge in [0.15, 0.2) is 0 Å². The van der Waals surface area contributed by atoms with Gasteiger partial charge < -0.3 is 16.4 Å². The molecule has 0 radical (unpaired) electrons. The second-order valence-electron chi connectivity index (χ2n) is 4.00. The highest BCUT2D eigenvalue weighted by molar-refractivity contribution is 6.28. The van der Waals surface area contributed by atoms with E-state index in [2.05, 4.69) is 9.97 Å². The van der Waals surface area contributed by atoms with E-state index in [0.29, 0.717) is 18.8 Å². The average molecular weight is 270 g/mol. The van der Waals surface area contributed by atoms with Crippen LogP contribution in [0.2, 0.25) is 5.28 Å². The molecule has 1 aliphatic heterocycles. The molecule has 4 N–H and O–H groups in total. The molecular formula is C10H12ClN5O2. The number of anilines is 1. The standard InChI is InChI=1S/C10H12ClN5O2/c11-10-14-5(8(12)17)4-7(15-10)16-3-1-2-6(16)9(13)18/h4,6H,1-3H2,(H2,12,17)(H2,13,18). The fourth-order valence-corrected chi connectivity index (χ4v) is 2.19. The summed E-state index contributed by atoms with van der Waals surface area (Å²) in [6.45, 7) is 0.624. The summed E-state index contributed by atoms with van der Waals surface area (Å²) in [7, 11) is 0. The second kappa shape index (κ2) is 4.77. The van der Waals surface area contributed by atoms with Crippen LogP contribution in [0.3, 0.4) is 0 Å². The van der Waals surface area contributed by atoms with Gasteiger partial charge in [0.2, 0.25) is 11.2 Å². The molecule has 2 rings (SSSR count). The molecule has 0 aliphatic carbocycles. The van der Waals surface area contributed by atoms with Crippen molar-refractivity contribution >= 4 is 29.2 Å². The van der Waals surface area contributed by atoms with Gasteiger partial charge in [-0.25, -0.2) is 9.97 Å². The Hall–Kier alpha value is -1.89. The van der Waals surface area contributed by atoms with Crippen LogP contribution in [0.5, 0.6) is 0 Å². The Kier molecular flexibility index (Phi) is 3.33. The molecule has 8 heteroatoms. The first-order valence-corrected chi connectivity index (χ1v) is 5.77. The molecule has 96 valence electrons. The number of carbonyl (C=O) groups excluding carboxylic acids is 2. The molecule has 1 saturated heterocycles. The van der Waals surface area contributed by atoms with Crippen molar-refractivity contribution in [1.29, 1.82) is 0 Å². The van der Waals surface area contributed by atoms with Gasteiger partial charge in [-0.3, -0.25) is 9.59 Å². The molecule has 1 aliphatic rings. The van der Waals surface area contributed by atoms with Crippen molar-refractivity contribution in [1.82, 2.24) is 9.97 Å². The minimum absolute atomic E-state index is 0.0140. The summed E-state index contributed by atoms with van der Waals surface area (Å²) in [6.07, 6.45) is 1.48. The summed E-state index contributed by atoms with van der Waals surface area (Å²) in [4.78, 5) is 31.8. The van der Waals surface area contributed by atoms with Crippen LogP contribution in [-0.2, 0) is 4.79 Å². The summed E-state index contributed by atoms with van der Waals surface area (Å²) < 4.78 is 0. The summed E-state index contributed by atoms with van der Waals surface area (Å²) >= 11 is 5.73. The molecule has 1 aromatic heterocycles. The van der Waals surface area contributed by atoms with Crippen LogP contribution in [0, 0.1) is 0 Å². The smallest absolute Gasteiger partial charge is 0.267 e. The highest BCUT2D eigenvalue weighted by Gasteiger charge is 2.30. The van der Waals surface area contributed by atoms with Gasteiger partial charge in [0.05, 0.1) is 0 Å². The normalized spacial score (nSPS) is 18.9. The number of halogens is 1. The van der Waals surface area contributed by atoms with Gasteiger partial charge in [-0.2, -0.15) is 0 Å². The van der Waals surface area contributed by atoms with Crippen molar-refractivity contribution in [3.05, 3.63) is 17.0 Å². The minimum atomic E-state index is -0.699. The number of carbonyl (C=O) groups is 2. The van der Waals surface area contributed by atoms with Crippen molar-refractivity contribution in [2.24, 2.45) is 11.5 Å². The molecular weight excluding hydrogens is 258 g/mol. The molecule has 0 aromatic carbocycles. The number of rotatable bonds is 3. The topological polar surface area (TPSA) is 115 Å². The number of primary amides is 2. The van der Waals surface area contributed by atoms with E-state index in [9.17, 15) is 9.59 Å². The first-order valence-electron chi connectivity index (χ1n) is 5.39. The third-order valence-electron chi connectivity index (χ3n) is 2.81. The number of nitrogens with zero attached hydrogens (tertiary/aromatic N) is 3. The van der Waals surface area contributed by atoms with Crippen molar-refractivity contribution in [3.63, 3.8) is 0 Å². The molecule has 0 bridgehead atoms. The predicted molar refractivity (Wildman–Crippen MR) is 65.1 cm³/mol. The van der Waals surface area contributed by atoms with E-state index in [0.717, 1.165) is 6.42 Å². The van der Waals surface area contributed by atoms with Crippen molar-refractivity contribution in [2.45, 2.75) is 18.9 Å². The Balaban J connectivity index is 2.38. The SMILES string of the molecule is NC(=O)c1cc(N2CCCC2C(N)=O)nc(Cl)n1. The monoisotopic (exact) mass is 269 g/mol. The Morgan fingerprint density at radius 3 is 2.72 bits per heavy atom. The second-order valence-corrected chi connectivity index (χ2v) is 4.34. The maximum absolute atomic E-state index is 11.3. The summed E-state index contributed by atoms with van der Waals surface area (Å²) in [5.41, 5.74) is 10.5. The zero-order valence-corrected chi connectivity index (χ0v) is 10.2. The highest BCUT2D eigenvalue weighted by atomic mass is 35.5. The Labute approximate surface area is 108 Å². The molecule has 0 spiro atoms. The lowest BCUT2D eigenvalue weighted by Crippen LogP contribution is -2.41. The Bertz CT molecular complexity index is 507. The van der Waals surface area contributed by atoms with Gasteiger partial charge in [-0.1, -0.05) is 0 Å². The van der Waals surface area contributed by atoms with Crippen LogP contribution in [0.4, 0.5) is 5.82 Å². The first-order chi connectivity index (χ1) is 8.49. The van der Waals surface area contributed by atoms with E-state index in [1.807, 2.05) is 0 Å². The first kappa shape index (κ1) is 12.6. The zero-order valence-electron chi connectivity index (χ0n) is 9.47. The summed E-state index contributed by atoms with van der Waals surface area (Å²) in [5.74, 6) is -0.733.